The lowest BCUT2D eigenvalue weighted by Gasteiger charge is -2.04. The molecule has 0 spiro atoms. The van der Waals surface area contributed by atoms with E-state index in [1.54, 1.807) is 0 Å². The summed E-state index contributed by atoms with van der Waals surface area (Å²) >= 11 is 0. The molecule has 0 radical (unpaired) electrons. The van der Waals surface area contributed by atoms with Crippen LogP contribution < -0.4 is 0 Å². The third-order valence-electron chi connectivity index (χ3n) is 1.22. The minimum absolute atomic E-state index is 0.327. The van der Waals surface area contributed by atoms with Gasteiger partial charge in [-0.05, 0) is 6.42 Å². The number of esters is 1. The van der Waals surface area contributed by atoms with Gasteiger partial charge < -0.3 is 9.47 Å². The van der Waals surface area contributed by atoms with Crippen molar-refractivity contribution in [3.63, 3.8) is 0 Å². The van der Waals surface area contributed by atoms with Crippen LogP contribution in [0.4, 0.5) is 8.78 Å². The smallest absolute Gasteiger partial charge is 0.332 e. The Bertz CT molecular complexity index is 139. The van der Waals surface area contributed by atoms with E-state index < -0.39 is 25.6 Å². The second kappa shape index (κ2) is 7.91. The van der Waals surface area contributed by atoms with Crippen LogP contribution in [0.2, 0.25) is 0 Å². The maximum Gasteiger partial charge on any atom is 0.332 e. The van der Waals surface area contributed by atoms with E-state index in [4.69, 9.17) is 0 Å². The molecule has 0 bridgehead atoms. The first-order valence-electron chi connectivity index (χ1n) is 4.18. The fourth-order valence-electron chi connectivity index (χ4n) is 0.603. The Kier molecular flexibility index (Phi) is 7.48. The van der Waals surface area contributed by atoms with Crippen LogP contribution in [0.5, 0.6) is 0 Å². The molecule has 78 valence electrons. The number of ether oxygens (including phenoxy) is 2. The minimum atomic E-state index is -2.54. The molecule has 0 rings (SSSR count). The fraction of sp³-hybridized carbons (Fsp3) is 0.875. The van der Waals surface area contributed by atoms with Crippen LogP contribution >= 0.6 is 0 Å². The largest absolute Gasteiger partial charge is 0.464 e. The van der Waals surface area contributed by atoms with Gasteiger partial charge in [-0.15, -0.1) is 0 Å². The third kappa shape index (κ3) is 9.20. The van der Waals surface area contributed by atoms with Crippen LogP contribution in [0.1, 0.15) is 19.8 Å². The van der Waals surface area contributed by atoms with Crippen molar-refractivity contribution in [1.82, 2.24) is 0 Å². The first-order chi connectivity index (χ1) is 6.16. The molecule has 5 heteroatoms. The van der Waals surface area contributed by atoms with Gasteiger partial charge in [-0.1, -0.05) is 13.3 Å². The quantitative estimate of drug-likeness (QED) is 0.458. The van der Waals surface area contributed by atoms with Crippen molar-refractivity contribution in [2.45, 2.75) is 26.2 Å². The Hall–Kier alpha value is -0.710. The maximum atomic E-state index is 11.5. The summed E-state index contributed by atoms with van der Waals surface area (Å²) in [5.41, 5.74) is 0. The molecule has 0 fully saturated rings. The van der Waals surface area contributed by atoms with E-state index in [2.05, 4.69) is 9.47 Å². The average Bonchev–Trinajstić information content (AvgIpc) is 2.04. The van der Waals surface area contributed by atoms with Gasteiger partial charge in [0, 0.05) is 0 Å². The first kappa shape index (κ1) is 12.3. The highest BCUT2D eigenvalue weighted by atomic mass is 19.3. The van der Waals surface area contributed by atoms with Gasteiger partial charge in [-0.3, -0.25) is 0 Å². The maximum absolute atomic E-state index is 11.5. The van der Waals surface area contributed by atoms with Gasteiger partial charge in [0.15, 0.2) is 0 Å². The average molecular weight is 196 g/mol. The standard InChI is InChI=1S/C8H14F2O3/c1-2-3-4-13-8(11)6-12-5-7(9)10/h7H,2-6H2,1H3. The summed E-state index contributed by atoms with van der Waals surface area (Å²) in [5, 5.41) is 0. The van der Waals surface area contributed by atoms with Crippen molar-refractivity contribution in [1.29, 1.82) is 0 Å². The van der Waals surface area contributed by atoms with Gasteiger partial charge in [-0.25, -0.2) is 13.6 Å². The van der Waals surface area contributed by atoms with Crippen LogP contribution in [0.25, 0.3) is 0 Å². The van der Waals surface area contributed by atoms with Gasteiger partial charge in [-0.2, -0.15) is 0 Å². The molecule has 0 aromatic heterocycles. The topological polar surface area (TPSA) is 35.5 Å². The van der Waals surface area contributed by atoms with Crippen molar-refractivity contribution in [2.24, 2.45) is 0 Å². The van der Waals surface area contributed by atoms with Gasteiger partial charge >= 0.3 is 5.97 Å². The van der Waals surface area contributed by atoms with Gasteiger partial charge in [0.1, 0.15) is 13.2 Å². The molecule has 3 nitrogen and oxygen atoms in total. The van der Waals surface area contributed by atoms with E-state index in [0.29, 0.717) is 6.61 Å². The summed E-state index contributed by atoms with van der Waals surface area (Å²) < 4.78 is 32.0. The number of carbonyl (C=O) groups excluding carboxylic acids is 1. The van der Waals surface area contributed by atoms with E-state index in [9.17, 15) is 13.6 Å². The van der Waals surface area contributed by atoms with Gasteiger partial charge in [0.05, 0.1) is 6.61 Å². The lowest BCUT2D eigenvalue weighted by Crippen LogP contribution is -2.16. The van der Waals surface area contributed by atoms with E-state index >= 15 is 0 Å². The number of halogens is 2. The summed E-state index contributed by atoms with van der Waals surface area (Å²) in [7, 11) is 0. The second-order valence-corrected chi connectivity index (χ2v) is 2.48. The SMILES string of the molecule is CCCCOC(=O)COCC(F)F. The van der Waals surface area contributed by atoms with Crippen LogP contribution in [0.3, 0.4) is 0 Å². The minimum Gasteiger partial charge on any atom is -0.464 e. The van der Waals surface area contributed by atoms with Crippen LogP contribution in [0.15, 0.2) is 0 Å². The normalized spacial score (nSPS) is 10.5. The Morgan fingerprint density at radius 2 is 2.15 bits per heavy atom. The molecule has 0 saturated heterocycles. The number of unbranched alkanes of at least 4 members (excludes halogenated alkanes) is 1. The molecule has 0 saturated carbocycles. The molecular weight excluding hydrogens is 182 g/mol. The predicted molar refractivity (Wildman–Crippen MR) is 42.7 cm³/mol. The van der Waals surface area contributed by atoms with E-state index in [1.807, 2.05) is 6.92 Å². The molecule has 0 aliphatic heterocycles. The molecule has 0 unspecified atom stereocenters. The number of carbonyl (C=O) groups is 1. The summed E-state index contributed by atoms with van der Waals surface area (Å²) in [4.78, 5) is 10.7. The summed E-state index contributed by atoms with van der Waals surface area (Å²) in [6, 6.07) is 0. The third-order valence-corrected chi connectivity index (χ3v) is 1.22. The molecule has 0 aromatic rings. The van der Waals surface area contributed by atoms with Crippen molar-refractivity contribution in [3.05, 3.63) is 0 Å². The highest BCUT2D eigenvalue weighted by Crippen LogP contribution is 1.93. The lowest BCUT2D eigenvalue weighted by atomic mass is 10.4. The zero-order valence-electron chi connectivity index (χ0n) is 7.59. The number of alkyl halides is 2. The zero-order valence-corrected chi connectivity index (χ0v) is 7.59. The van der Waals surface area contributed by atoms with Gasteiger partial charge in [0.25, 0.3) is 6.43 Å². The molecule has 0 aliphatic rings. The van der Waals surface area contributed by atoms with Crippen LogP contribution in [0, 0.1) is 0 Å². The Balaban J connectivity index is 3.20. The second-order valence-electron chi connectivity index (χ2n) is 2.48. The van der Waals surface area contributed by atoms with Crippen molar-refractivity contribution in [2.75, 3.05) is 19.8 Å². The Morgan fingerprint density at radius 3 is 2.69 bits per heavy atom. The van der Waals surface area contributed by atoms with Crippen molar-refractivity contribution >= 4 is 5.97 Å². The highest BCUT2D eigenvalue weighted by Gasteiger charge is 2.06. The van der Waals surface area contributed by atoms with Crippen molar-refractivity contribution in [3.8, 4) is 0 Å². The molecule has 0 N–H and O–H groups in total. The van der Waals surface area contributed by atoms with Crippen LogP contribution in [-0.4, -0.2) is 32.2 Å². The summed E-state index contributed by atoms with van der Waals surface area (Å²) in [5.74, 6) is -0.589. The van der Waals surface area contributed by atoms with Gasteiger partial charge in [0.2, 0.25) is 0 Å². The summed E-state index contributed by atoms with van der Waals surface area (Å²) in [6.45, 7) is 1.17. The van der Waals surface area contributed by atoms with E-state index in [0.717, 1.165) is 12.8 Å². The number of hydrogen-bond donors (Lipinski definition) is 0. The molecule has 0 atom stereocenters. The summed E-state index contributed by atoms with van der Waals surface area (Å²) in [6.07, 6.45) is -0.838. The number of hydrogen-bond acceptors (Lipinski definition) is 3. The predicted octanol–water partition coefficient (Wildman–Crippen LogP) is 1.61. The molecular formula is C8H14F2O3. The lowest BCUT2D eigenvalue weighted by molar-refractivity contribution is -0.150. The monoisotopic (exact) mass is 196 g/mol. The first-order valence-corrected chi connectivity index (χ1v) is 4.18. The highest BCUT2D eigenvalue weighted by molar-refractivity contribution is 5.70. The van der Waals surface area contributed by atoms with Crippen LogP contribution in [-0.2, 0) is 14.3 Å². The Labute approximate surface area is 76.0 Å². The zero-order chi connectivity index (χ0) is 10.1. The van der Waals surface area contributed by atoms with E-state index in [1.165, 1.54) is 0 Å². The molecule has 0 aromatic carbocycles. The molecule has 0 heterocycles. The fourth-order valence-corrected chi connectivity index (χ4v) is 0.603. The number of rotatable bonds is 7. The molecule has 0 amide bonds. The van der Waals surface area contributed by atoms with E-state index in [-0.39, 0.29) is 0 Å². The Morgan fingerprint density at radius 1 is 1.46 bits per heavy atom. The van der Waals surface area contributed by atoms with Crippen molar-refractivity contribution < 1.29 is 23.0 Å². The molecule has 13 heavy (non-hydrogen) atoms. The molecule has 0 aliphatic carbocycles.